The predicted octanol–water partition coefficient (Wildman–Crippen LogP) is 1.21. The number of amides is 3. The van der Waals surface area contributed by atoms with E-state index in [1.165, 1.54) is 6.92 Å². The molecule has 2 atom stereocenters. The predicted molar refractivity (Wildman–Crippen MR) is 98.3 cm³/mol. The highest BCUT2D eigenvalue weighted by molar-refractivity contribution is 5.94. The number of rotatable bonds is 7. The third kappa shape index (κ3) is 5.82. The van der Waals surface area contributed by atoms with Crippen molar-refractivity contribution in [3.63, 3.8) is 0 Å². The highest BCUT2D eigenvalue weighted by atomic mass is 16.2. The van der Waals surface area contributed by atoms with Crippen LogP contribution in [0.4, 0.5) is 0 Å². The maximum Gasteiger partial charge on any atom is 0.255 e. The lowest BCUT2D eigenvalue weighted by molar-refractivity contribution is -0.123. The van der Waals surface area contributed by atoms with E-state index in [0.29, 0.717) is 44.1 Å². The van der Waals surface area contributed by atoms with E-state index in [9.17, 15) is 14.4 Å². The van der Waals surface area contributed by atoms with Crippen molar-refractivity contribution in [2.45, 2.75) is 33.1 Å². The molecule has 0 saturated carbocycles. The van der Waals surface area contributed by atoms with Crippen molar-refractivity contribution in [2.24, 2.45) is 11.8 Å². The molecule has 2 N–H and O–H groups in total. The van der Waals surface area contributed by atoms with Gasteiger partial charge in [-0.2, -0.15) is 0 Å². The first-order chi connectivity index (χ1) is 12.5. The van der Waals surface area contributed by atoms with Gasteiger partial charge in [0.2, 0.25) is 11.8 Å². The highest BCUT2D eigenvalue weighted by Gasteiger charge is 2.32. The van der Waals surface area contributed by atoms with Gasteiger partial charge >= 0.3 is 0 Å². The fraction of sp³-hybridized carbons (Fsp3) is 0.579. The monoisotopic (exact) mass is 360 g/mol. The molecule has 26 heavy (non-hydrogen) atoms. The Hall–Kier alpha value is -2.44. The van der Waals surface area contributed by atoms with Gasteiger partial charge in [-0.1, -0.05) is 13.3 Å². The van der Waals surface area contributed by atoms with E-state index < -0.39 is 0 Å². The Balaban J connectivity index is 1.82. The topological polar surface area (TPSA) is 91.4 Å². The average molecular weight is 360 g/mol. The normalized spacial score (nSPS) is 19.7. The molecule has 1 fully saturated rings. The second-order valence-corrected chi connectivity index (χ2v) is 6.75. The molecule has 1 saturated heterocycles. The fourth-order valence-corrected chi connectivity index (χ4v) is 3.42. The molecule has 7 heteroatoms. The number of hydrogen-bond donors (Lipinski definition) is 2. The minimum atomic E-state index is -0.101. The van der Waals surface area contributed by atoms with E-state index in [1.54, 1.807) is 24.5 Å². The molecule has 3 amide bonds. The summed E-state index contributed by atoms with van der Waals surface area (Å²) in [7, 11) is 0. The van der Waals surface area contributed by atoms with E-state index in [2.05, 4.69) is 22.5 Å². The molecular formula is C19H28N4O3. The van der Waals surface area contributed by atoms with Gasteiger partial charge in [0, 0.05) is 51.9 Å². The van der Waals surface area contributed by atoms with Crippen LogP contribution in [-0.4, -0.2) is 53.8 Å². The van der Waals surface area contributed by atoms with Crippen LogP contribution in [0.25, 0.3) is 0 Å². The van der Waals surface area contributed by atoms with E-state index in [1.807, 2.05) is 4.90 Å². The van der Waals surface area contributed by atoms with Crippen molar-refractivity contribution in [3.8, 4) is 0 Å². The highest BCUT2D eigenvalue weighted by Crippen LogP contribution is 2.29. The van der Waals surface area contributed by atoms with Gasteiger partial charge < -0.3 is 15.5 Å². The Kier molecular flexibility index (Phi) is 7.56. The van der Waals surface area contributed by atoms with Crippen LogP contribution in [0.2, 0.25) is 0 Å². The number of hydrogen-bond acceptors (Lipinski definition) is 4. The SMILES string of the molecule is CC[C@@H]1CN(C(=O)c2cccnc2)CC[C@H]1CC(=O)NCCNC(C)=O. The van der Waals surface area contributed by atoms with Crippen LogP contribution in [0.15, 0.2) is 24.5 Å². The molecule has 0 unspecified atom stereocenters. The van der Waals surface area contributed by atoms with Crippen molar-refractivity contribution in [1.29, 1.82) is 0 Å². The van der Waals surface area contributed by atoms with Crippen molar-refractivity contribution in [3.05, 3.63) is 30.1 Å². The number of likely N-dealkylation sites (tertiary alicyclic amines) is 1. The smallest absolute Gasteiger partial charge is 0.255 e. The van der Waals surface area contributed by atoms with Gasteiger partial charge in [0.05, 0.1) is 5.56 Å². The summed E-state index contributed by atoms with van der Waals surface area (Å²) >= 11 is 0. The quantitative estimate of drug-likeness (QED) is 0.715. The number of nitrogens with one attached hydrogen (secondary N) is 2. The molecule has 1 aromatic rings. The third-order valence-electron chi connectivity index (χ3n) is 4.88. The largest absolute Gasteiger partial charge is 0.355 e. The Morgan fingerprint density at radius 1 is 1.23 bits per heavy atom. The van der Waals surface area contributed by atoms with Crippen LogP contribution in [0.3, 0.4) is 0 Å². The van der Waals surface area contributed by atoms with Crippen molar-refractivity contribution in [1.82, 2.24) is 20.5 Å². The van der Waals surface area contributed by atoms with Gasteiger partial charge in [-0.15, -0.1) is 0 Å². The van der Waals surface area contributed by atoms with E-state index in [0.717, 1.165) is 12.8 Å². The second-order valence-electron chi connectivity index (χ2n) is 6.75. The van der Waals surface area contributed by atoms with Gasteiger partial charge in [0.1, 0.15) is 0 Å². The van der Waals surface area contributed by atoms with Crippen LogP contribution in [0.5, 0.6) is 0 Å². The summed E-state index contributed by atoms with van der Waals surface area (Å²) in [6, 6.07) is 3.55. The lowest BCUT2D eigenvalue weighted by Crippen LogP contribution is -2.45. The molecule has 0 aliphatic carbocycles. The Morgan fingerprint density at radius 3 is 2.65 bits per heavy atom. The summed E-state index contributed by atoms with van der Waals surface area (Å²) in [4.78, 5) is 41.4. The maximum absolute atomic E-state index is 12.6. The molecule has 1 aromatic heterocycles. The molecular weight excluding hydrogens is 332 g/mol. The molecule has 1 aliphatic heterocycles. The molecule has 0 bridgehead atoms. The van der Waals surface area contributed by atoms with Gasteiger partial charge in [0.25, 0.3) is 5.91 Å². The van der Waals surface area contributed by atoms with E-state index >= 15 is 0 Å². The molecule has 0 aromatic carbocycles. The first-order valence-corrected chi connectivity index (χ1v) is 9.21. The molecule has 0 spiro atoms. The molecule has 1 aliphatic rings. The molecule has 7 nitrogen and oxygen atoms in total. The van der Waals surface area contributed by atoms with Gasteiger partial charge in [-0.3, -0.25) is 19.4 Å². The Bertz CT molecular complexity index is 620. The van der Waals surface area contributed by atoms with Crippen molar-refractivity contribution >= 4 is 17.7 Å². The number of piperidine rings is 1. The number of nitrogens with zero attached hydrogens (tertiary/aromatic N) is 2. The van der Waals surface area contributed by atoms with Gasteiger partial charge in [-0.25, -0.2) is 0 Å². The lowest BCUT2D eigenvalue weighted by Gasteiger charge is -2.38. The minimum absolute atomic E-state index is 0.00541. The summed E-state index contributed by atoms with van der Waals surface area (Å²) in [5.74, 6) is 0.501. The maximum atomic E-state index is 12.6. The van der Waals surface area contributed by atoms with E-state index in [4.69, 9.17) is 0 Å². The van der Waals surface area contributed by atoms with Crippen LogP contribution in [0.1, 0.15) is 43.5 Å². The zero-order chi connectivity index (χ0) is 18.9. The Labute approximate surface area is 154 Å². The van der Waals surface area contributed by atoms with E-state index in [-0.39, 0.29) is 23.6 Å². The fourth-order valence-electron chi connectivity index (χ4n) is 3.42. The number of carbonyl (C=O) groups excluding carboxylic acids is 3. The Morgan fingerprint density at radius 2 is 2.00 bits per heavy atom. The summed E-state index contributed by atoms with van der Waals surface area (Å²) < 4.78 is 0. The summed E-state index contributed by atoms with van der Waals surface area (Å²) in [5, 5.41) is 5.50. The first kappa shape index (κ1) is 19.9. The van der Waals surface area contributed by atoms with Crippen LogP contribution in [-0.2, 0) is 9.59 Å². The number of carbonyl (C=O) groups is 3. The summed E-state index contributed by atoms with van der Waals surface area (Å²) in [6.45, 7) is 5.77. The minimum Gasteiger partial charge on any atom is -0.355 e. The molecule has 2 heterocycles. The van der Waals surface area contributed by atoms with Crippen LogP contribution < -0.4 is 10.6 Å². The van der Waals surface area contributed by atoms with Crippen LogP contribution in [0, 0.1) is 11.8 Å². The van der Waals surface area contributed by atoms with Crippen LogP contribution >= 0.6 is 0 Å². The zero-order valence-electron chi connectivity index (χ0n) is 15.5. The van der Waals surface area contributed by atoms with Crippen molar-refractivity contribution in [2.75, 3.05) is 26.2 Å². The number of pyridine rings is 1. The molecule has 0 radical (unpaired) electrons. The summed E-state index contributed by atoms with van der Waals surface area (Å²) in [6.07, 6.45) is 5.47. The van der Waals surface area contributed by atoms with Gasteiger partial charge in [-0.05, 0) is 30.4 Å². The second kappa shape index (κ2) is 9.89. The first-order valence-electron chi connectivity index (χ1n) is 9.21. The zero-order valence-corrected chi connectivity index (χ0v) is 15.5. The van der Waals surface area contributed by atoms with Crippen molar-refractivity contribution < 1.29 is 14.4 Å². The third-order valence-corrected chi connectivity index (χ3v) is 4.88. The summed E-state index contributed by atoms with van der Waals surface area (Å²) in [5.41, 5.74) is 0.608. The van der Waals surface area contributed by atoms with Gasteiger partial charge in [0.15, 0.2) is 0 Å². The lowest BCUT2D eigenvalue weighted by atomic mass is 9.81. The standard InChI is InChI=1S/C19H28N4O3/c1-3-15-13-23(19(26)17-5-4-7-20-12-17)10-6-16(15)11-18(25)22-9-8-21-14(2)24/h4-5,7,12,15-16H,3,6,8-11,13H2,1-2H3,(H,21,24)(H,22,25)/t15-,16+/m1/s1. The molecule has 142 valence electrons. The molecule has 2 rings (SSSR count). The number of aromatic nitrogens is 1. The average Bonchev–Trinajstić information content (AvgIpc) is 2.65.